The number of thioether (sulfide) groups is 1. The molecule has 0 aliphatic carbocycles. The van der Waals surface area contributed by atoms with Gasteiger partial charge in [-0.15, -0.1) is 24.2 Å². The highest BCUT2D eigenvalue weighted by molar-refractivity contribution is 7.99. The van der Waals surface area contributed by atoms with Gasteiger partial charge in [-0.3, -0.25) is 0 Å². The summed E-state index contributed by atoms with van der Waals surface area (Å²) in [4.78, 5) is 1.20. The Morgan fingerprint density at radius 2 is 1.81 bits per heavy atom. The highest BCUT2D eigenvalue weighted by atomic mass is 35.5. The van der Waals surface area contributed by atoms with Crippen molar-refractivity contribution in [3.63, 3.8) is 0 Å². The Morgan fingerprint density at radius 3 is 2.43 bits per heavy atom. The van der Waals surface area contributed by atoms with Gasteiger partial charge in [0.1, 0.15) is 0 Å². The molecule has 4 nitrogen and oxygen atoms in total. The molecule has 3 rings (SSSR count). The van der Waals surface area contributed by atoms with E-state index in [0.717, 1.165) is 17.7 Å². The van der Waals surface area contributed by atoms with E-state index in [-0.39, 0.29) is 18.4 Å². The van der Waals surface area contributed by atoms with Crippen molar-refractivity contribution in [2.24, 2.45) is 0 Å². The smallest absolute Gasteiger partial charge is 0.241 e. The third-order valence-corrected chi connectivity index (χ3v) is 6.66. The number of halogens is 1. The number of sulfonamides is 1. The predicted octanol–water partition coefficient (Wildman–Crippen LogP) is 2.39. The SMILES string of the molecule is CSc1ccccc1S(=O)(=O)NC1CC2CCC(C1)N2.Cl. The van der Waals surface area contributed by atoms with Gasteiger partial charge in [0.2, 0.25) is 10.0 Å². The van der Waals surface area contributed by atoms with Crippen molar-refractivity contribution in [2.45, 2.75) is 53.6 Å². The fourth-order valence-electron chi connectivity index (χ4n) is 3.28. The first-order valence-electron chi connectivity index (χ1n) is 7.00. The third kappa shape index (κ3) is 3.74. The molecule has 0 amide bonds. The summed E-state index contributed by atoms with van der Waals surface area (Å²) in [6.45, 7) is 0. The lowest BCUT2D eigenvalue weighted by Crippen LogP contribution is -2.47. The van der Waals surface area contributed by atoms with Crippen molar-refractivity contribution in [1.82, 2.24) is 10.0 Å². The quantitative estimate of drug-likeness (QED) is 0.820. The molecule has 2 N–H and O–H groups in total. The number of benzene rings is 1. The summed E-state index contributed by atoms with van der Waals surface area (Å²) in [6.07, 6.45) is 6.04. The molecule has 7 heteroatoms. The van der Waals surface area contributed by atoms with Crippen molar-refractivity contribution < 1.29 is 8.42 Å². The van der Waals surface area contributed by atoms with E-state index in [2.05, 4.69) is 10.0 Å². The maximum absolute atomic E-state index is 12.6. The number of nitrogens with one attached hydrogen (secondary N) is 2. The van der Waals surface area contributed by atoms with Crippen LogP contribution in [-0.4, -0.2) is 32.8 Å². The highest BCUT2D eigenvalue weighted by Crippen LogP contribution is 2.29. The van der Waals surface area contributed by atoms with Crippen molar-refractivity contribution >= 4 is 34.2 Å². The summed E-state index contributed by atoms with van der Waals surface area (Å²) < 4.78 is 28.0. The van der Waals surface area contributed by atoms with Gasteiger partial charge < -0.3 is 5.32 Å². The van der Waals surface area contributed by atoms with Crippen LogP contribution in [0.4, 0.5) is 0 Å². The minimum Gasteiger partial charge on any atom is -0.311 e. The van der Waals surface area contributed by atoms with Crippen LogP contribution in [0.5, 0.6) is 0 Å². The molecule has 0 spiro atoms. The maximum atomic E-state index is 12.6. The van der Waals surface area contributed by atoms with Crippen molar-refractivity contribution in [3.8, 4) is 0 Å². The fourth-order valence-corrected chi connectivity index (χ4v) is 5.69. The van der Waals surface area contributed by atoms with Crippen molar-refractivity contribution in [1.29, 1.82) is 0 Å². The van der Waals surface area contributed by atoms with Gasteiger partial charge in [-0.05, 0) is 44.1 Å². The van der Waals surface area contributed by atoms with E-state index in [1.54, 1.807) is 12.1 Å². The zero-order chi connectivity index (χ0) is 14.2. The zero-order valence-electron chi connectivity index (χ0n) is 11.9. The van der Waals surface area contributed by atoms with Crippen molar-refractivity contribution in [3.05, 3.63) is 24.3 Å². The van der Waals surface area contributed by atoms with E-state index in [1.165, 1.54) is 24.6 Å². The first kappa shape index (κ1) is 17.1. The highest BCUT2D eigenvalue weighted by Gasteiger charge is 2.35. The molecule has 1 aromatic rings. The maximum Gasteiger partial charge on any atom is 0.241 e. The summed E-state index contributed by atoms with van der Waals surface area (Å²) in [7, 11) is -3.42. The molecule has 118 valence electrons. The summed E-state index contributed by atoms with van der Waals surface area (Å²) in [5.41, 5.74) is 0. The monoisotopic (exact) mass is 348 g/mol. The zero-order valence-corrected chi connectivity index (χ0v) is 14.4. The van der Waals surface area contributed by atoms with Crippen LogP contribution in [0.1, 0.15) is 25.7 Å². The van der Waals surface area contributed by atoms with E-state index < -0.39 is 10.0 Å². The minimum atomic E-state index is -3.42. The molecule has 2 aliphatic rings. The average molecular weight is 349 g/mol. The van der Waals surface area contributed by atoms with Gasteiger partial charge in [-0.1, -0.05) is 12.1 Å². The van der Waals surface area contributed by atoms with Gasteiger partial charge in [0, 0.05) is 23.0 Å². The molecule has 0 radical (unpaired) electrons. The molecule has 1 aromatic carbocycles. The molecule has 2 unspecified atom stereocenters. The van der Waals surface area contributed by atoms with Gasteiger partial charge in [0.15, 0.2) is 0 Å². The van der Waals surface area contributed by atoms with Gasteiger partial charge in [0.05, 0.1) is 4.90 Å². The second-order valence-electron chi connectivity index (χ2n) is 5.58. The molecular weight excluding hydrogens is 328 g/mol. The summed E-state index contributed by atoms with van der Waals surface area (Å²) in [5.74, 6) is 0. The Balaban J connectivity index is 0.00000161. The Morgan fingerprint density at radius 1 is 1.19 bits per heavy atom. The molecule has 2 heterocycles. The van der Waals surface area contributed by atoms with Gasteiger partial charge >= 0.3 is 0 Å². The Hall–Kier alpha value is -0.270. The van der Waals surface area contributed by atoms with E-state index >= 15 is 0 Å². The molecule has 0 aromatic heterocycles. The molecule has 2 bridgehead atoms. The molecule has 0 saturated carbocycles. The minimum absolute atomic E-state index is 0. The van der Waals surface area contributed by atoms with Crippen LogP contribution >= 0.6 is 24.2 Å². The fraction of sp³-hybridized carbons (Fsp3) is 0.571. The standard InChI is InChI=1S/C14H20N2O2S2.ClH/c1-19-13-4-2-3-5-14(13)20(17,18)16-12-8-10-6-7-11(9-12)15-10;/h2-5,10-12,15-16H,6-9H2,1H3;1H. The first-order chi connectivity index (χ1) is 9.58. The Bertz CT molecular complexity index is 582. The van der Waals surface area contributed by atoms with Crippen LogP contribution in [0.15, 0.2) is 34.1 Å². The normalized spacial score (nSPS) is 28.1. The topological polar surface area (TPSA) is 58.2 Å². The largest absolute Gasteiger partial charge is 0.311 e. The average Bonchev–Trinajstić information content (AvgIpc) is 2.77. The summed E-state index contributed by atoms with van der Waals surface area (Å²) in [5, 5.41) is 3.53. The predicted molar refractivity (Wildman–Crippen MR) is 88.8 cm³/mol. The van der Waals surface area contributed by atoms with Crippen molar-refractivity contribution in [2.75, 3.05) is 6.26 Å². The number of fused-ring (bicyclic) bond motifs is 2. The molecule has 2 atom stereocenters. The van der Waals surface area contributed by atoms with Crippen LogP contribution in [0.25, 0.3) is 0 Å². The number of piperidine rings is 1. The van der Waals surface area contributed by atoms with Gasteiger partial charge in [0.25, 0.3) is 0 Å². The summed E-state index contributed by atoms with van der Waals surface area (Å²) >= 11 is 1.47. The lowest BCUT2D eigenvalue weighted by atomic mass is 10.0. The van der Waals surface area contributed by atoms with E-state index in [9.17, 15) is 8.42 Å². The lowest BCUT2D eigenvalue weighted by molar-refractivity contribution is 0.345. The number of hydrogen-bond acceptors (Lipinski definition) is 4. The Kier molecular flexibility index (Phi) is 5.59. The second kappa shape index (κ2) is 6.87. The second-order valence-corrected chi connectivity index (χ2v) is 8.11. The first-order valence-corrected chi connectivity index (χ1v) is 9.70. The van der Waals surface area contributed by atoms with Crippen LogP contribution < -0.4 is 10.0 Å². The molecule has 2 aliphatic heterocycles. The van der Waals surface area contributed by atoms with Crippen LogP contribution in [0.2, 0.25) is 0 Å². The molecule has 21 heavy (non-hydrogen) atoms. The van der Waals surface area contributed by atoms with Gasteiger partial charge in [-0.25, -0.2) is 13.1 Å². The Labute approximate surface area is 136 Å². The number of rotatable bonds is 4. The van der Waals surface area contributed by atoms with E-state index in [0.29, 0.717) is 17.0 Å². The van der Waals surface area contributed by atoms with E-state index in [1.807, 2.05) is 18.4 Å². The van der Waals surface area contributed by atoms with Crippen LogP contribution in [-0.2, 0) is 10.0 Å². The van der Waals surface area contributed by atoms with Crippen LogP contribution in [0.3, 0.4) is 0 Å². The molecule has 2 fully saturated rings. The van der Waals surface area contributed by atoms with Crippen LogP contribution in [0, 0.1) is 0 Å². The lowest BCUT2D eigenvalue weighted by Gasteiger charge is -2.29. The third-order valence-electron chi connectivity index (χ3n) is 4.15. The number of hydrogen-bond donors (Lipinski definition) is 2. The van der Waals surface area contributed by atoms with Gasteiger partial charge in [-0.2, -0.15) is 0 Å². The van der Waals surface area contributed by atoms with E-state index in [4.69, 9.17) is 0 Å². The molecule has 2 saturated heterocycles. The molecular formula is C14H21ClN2O2S2. The summed E-state index contributed by atoms with van der Waals surface area (Å²) in [6, 6.07) is 8.22.